The lowest BCUT2D eigenvalue weighted by molar-refractivity contribution is -0.120. The van der Waals surface area contributed by atoms with E-state index in [2.05, 4.69) is 5.32 Å². The third kappa shape index (κ3) is 5.05. The van der Waals surface area contributed by atoms with Gasteiger partial charge in [0.05, 0.1) is 23.4 Å². The number of hydrogen-bond donors (Lipinski definition) is 1. The van der Waals surface area contributed by atoms with Crippen LogP contribution in [0, 0.1) is 0 Å². The number of nitrogens with one attached hydrogen (secondary N) is 1. The van der Waals surface area contributed by atoms with Crippen LogP contribution in [-0.2, 0) is 32.5 Å². The van der Waals surface area contributed by atoms with Crippen LogP contribution >= 0.6 is 34.0 Å². The molecule has 1 aromatic carbocycles. The Kier molecular flexibility index (Phi) is 7.66. The second-order valence-electron chi connectivity index (χ2n) is 9.61. The van der Waals surface area contributed by atoms with Gasteiger partial charge in [-0.25, -0.2) is 18.2 Å². The molecule has 1 N–H and O–H groups in total. The maximum absolute atomic E-state index is 13.8. The predicted octanol–water partition coefficient (Wildman–Crippen LogP) is 5.78. The minimum Gasteiger partial charge on any atom is -0.450 e. The Morgan fingerprint density at radius 2 is 1.98 bits per heavy atom. The Morgan fingerprint density at radius 3 is 2.75 bits per heavy atom. The summed E-state index contributed by atoms with van der Waals surface area (Å²) >= 11 is 4.14. The smallest absolute Gasteiger partial charge is 0.410 e. The average Bonchev–Trinajstić information content (AvgIpc) is 3.71. The summed E-state index contributed by atoms with van der Waals surface area (Å²) in [4.78, 5) is 33.8. The molecule has 1 fully saturated rings. The summed E-state index contributed by atoms with van der Waals surface area (Å²) in [7, 11) is -3.78. The molecule has 9 nitrogen and oxygen atoms in total. The molecular formula is C27H28N4O5S4. The molecule has 0 saturated carbocycles. The summed E-state index contributed by atoms with van der Waals surface area (Å²) in [5.41, 5.74) is 2.80. The molecule has 1 saturated heterocycles. The summed E-state index contributed by atoms with van der Waals surface area (Å²) in [6, 6.07) is 10.4. The van der Waals surface area contributed by atoms with E-state index in [1.807, 2.05) is 24.3 Å². The second-order valence-corrected chi connectivity index (χ2v) is 14.8. The van der Waals surface area contributed by atoms with Crippen molar-refractivity contribution in [3.8, 4) is 10.6 Å². The number of carbonyl (C=O) groups excluding carboxylic acids is 2. The van der Waals surface area contributed by atoms with E-state index in [4.69, 9.17) is 9.72 Å². The number of rotatable bonds is 6. The number of sulfonamides is 1. The molecule has 210 valence electrons. The van der Waals surface area contributed by atoms with Gasteiger partial charge in [-0.15, -0.1) is 34.0 Å². The van der Waals surface area contributed by atoms with E-state index in [0.717, 1.165) is 49.0 Å². The number of piperidine rings is 1. The van der Waals surface area contributed by atoms with Crippen molar-refractivity contribution in [1.29, 1.82) is 0 Å². The lowest BCUT2D eigenvalue weighted by Crippen LogP contribution is -2.49. The number of hydrogen-bond acceptors (Lipinski definition) is 9. The molecule has 13 heteroatoms. The van der Waals surface area contributed by atoms with E-state index in [1.54, 1.807) is 40.7 Å². The highest BCUT2D eigenvalue weighted by Crippen LogP contribution is 2.46. The predicted molar refractivity (Wildman–Crippen MR) is 159 cm³/mol. The van der Waals surface area contributed by atoms with Crippen LogP contribution in [0.5, 0.6) is 0 Å². The highest BCUT2D eigenvalue weighted by Gasteiger charge is 2.39. The Hall–Kier alpha value is -2.84. The van der Waals surface area contributed by atoms with Crippen molar-refractivity contribution in [1.82, 2.24) is 14.2 Å². The van der Waals surface area contributed by atoms with Crippen LogP contribution in [0.15, 0.2) is 46.0 Å². The molecule has 0 spiro atoms. The normalized spacial score (nSPS) is 18.0. The number of aromatic nitrogens is 1. The van der Waals surface area contributed by atoms with E-state index in [0.29, 0.717) is 50.5 Å². The number of thiophene rings is 2. The average molecular weight is 617 g/mol. The number of fused-ring (bicyclic) bond motifs is 2. The molecular weight excluding hydrogens is 589 g/mol. The second kappa shape index (κ2) is 11.2. The van der Waals surface area contributed by atoms with Gasteiger partial charge in [-0.3, -0.25) is 4.79 Å². The quantitative estimate of drug-likeness (QED) is 0.294. The van der Waals surface area contributed by atoms with Gasteiger partial charge in [0.2, 0.25) is 5.91 Å². The Balaban J connectivity index is 1.36. The van der Waals surface area contributed by atoms with Crippen LogP contribution < -0.4 is 5.32 Å². The van der Waals surface area contributed by atoms with E-state index in [1.165, 1.54) is 15.6 Å². The van der Waals surface area contributed by atoms with Gasteiger partial charge in [0.25, 0.3) is 10.0 Å². The summed E-state index contributed by atoms with van der Waals surface area (Å²) in [5, 5.41) is 6.27. The lowest BCUT2D eigenvalue weighted by Gasteiger charge is -2.33. The molecule has 1 unspecified atom stereocenters. The number of nitrogens with zero attached hydrogens (tertiary/aromatic N) is 3. The molecule has 2 aliphatic heterocycles. The molecule has 2 aliphatic rings. The molecule has 3 aromatic heterocycles. The zero-order chi connectivity index (χ0) is 27.9. The van der Waals surface area contributed by atoms with Crippen molar-refractivity contribution in [2.24, 2.45) is 0 Å². The Morgan fingerprint density at radius 1 is 1.12 bits per heavy atom. The summed E-state index contributed by atoms with van der Waals surface area (Å²) in [6.45, 7) is 3.28. The Labute approximate surface area is 244 Å². The summed E-state index contributed by atoms with van der Waals surface area (Å²) in [6.07, 6.45) is 2.19. The third-order valence-electron chi connectivity index (χ3n) is 7.14. The number of anilines is 1. The largest absolute Gasteiger partial charge is 0.450 e. The standard InChI is InChI=1S/C27H28N4O5S4/c1-2-36-27(33)30-14-12-17-21(16-30)39-26(23(17)25-28-18-8-3-4-10-20(18)38-25)29-24(32)19-9-5-6-13-31(19)40(34,35)22-11-7-15-37-22/h3-4,7-8,10-11,15,19H,2,5-6,9,12-14,16H2,1H3,(H,29,32). The number of thiazole rings is 1. The van der Waals surface area contributed by atoms with Gasteiger partial charge in [-0.2, -0.15) is 4.31 Å². The first-order chi connectivity index (χ1) is 19.4. The third-order valence-corrected chi connectivity index (χ3v) is 12.6. The van der Waals surface area contributed by atoms with Gasteiger partial charge in [-0.05, 0) is 55.3 Å². The Bertz CT molecular complexity index is 1630. The van der Waals surface area contributed by atoms with Crippen molar-refractivity contribution >= 4 is 71.3 Å². The minimum atomic E-state index is -3.78. The van der Waals surface area contributed by atoms with Crippen LogP contribution in [0.25, 0.3) is 20.8 Å². The summed E-state index contributed by atoms with van der Waals surface area (Å²) < 4.78 is 34.7. The van der Waals surface area contributed by atoms with Crippen LogP contribution in [0.2, 0.25) is 0 Å². The molecule has 0 aliphatic carbocycles. The fourth-order valence-corrected chi connectivity index (χ4v) is 10.4. The van der Waals surface area contributed by atoms with Crippen molar-refractivity contribution in [3.63, 3.8) is 0 Å². The van der Waals surface area contributed by atoms with E-state index in [9.17, 15) is 18.0 Å². The molecule has 0 radical (unpaired) electrons. The molecule has 0 bridgehead atoms. The lowest BCUT2D eigenvalue weighted by atomic mass is 10.0. The number of carbonyl (C=O) groups is 2. The SMILES string of the molecule is CCOC(=O)N1CCc2c(sc(NC(=O)C3CCCCN3S(=O)(=O)c3cccs3)c2-c2nc3ccccc3s2)C1. The van der Waals surface area contributed by atoms with Crippen molar-refractivity contribution in [3.05, 3.63) is 52.2 Å². The number of para-hydroxylation sites is 1. The molecule has 1 atom stereocenters. The van der Waals surface area contributed by atoms with Crippen LogP contribution in [0.1, 0.15) is 36.6 Å². The van der Waals surface area contributed by atoms with Gasteiger partial charge < -0.3 is 15.0 Å². The molecule has 6 rings (SSSR count). The van der Waals surface area contributed by atoms with Crippen LogP contribution in [0.4, 0.5) is 9.80 Å². The zero-order valence-electron chi connectivity index (χ0n) is 21.8. The van der Waals surface area contributed by atoms with Crippen molar-refractivity contribution in [2.45, 2.75) is 49.4 Å². The van der Waals surface area contributed by atoms with Gasteiger partial charge in [0, 0.05) is 23.5 Å². The molecule has 2 amide bonds. The summed E-state index contributed by atoms with van der Waals surface area (Å²) in [5.74, 6) is -0.344. The van der Waals surface area contributed by atoms with Gasteiger partial charge >= 0.3 is 6.09 Å². The maximum atomic E-state index is 13.8. The van der Waals surface area contributed by atoms with Crippen molar-refractivity contribution in [2.75, 3.05) is 25.0 Å². The zero-order valence-corrected chi connectivity index (χ0v) is 25.1. The fourth-order valence-electron chi connectivity index (χ4n) is 5.24. The maximum Gasteiger partial charge on any atom is 0.410 e. The topological polar surface area (TPSA) is 109 Å². The van der Waals surface area contributed by atoms with Gasteiger partial charge in [0.15, 0.2) is 0 Å². The molecule has 5 heterocycles. The molecule has 4 aromatic rings. The van der Waals surface area contributed by atoms with E-state index in [-0.39, 0.29) is 16.2 Å². The number of amides is 2. The molecule has 40 heavy (non-hydrogen) atoms. The number of benzene rings is 1. The number of ether oxygens (including phenoxy) is 1. The monoisotopic (exact) mass is 616 g/mol. The highest BCUT2D eigenvalue weighted by molar-refractivity contribution is 7.91. The highest BCUT2D eigenvalue weighted by atomic mass is 32.2. The first-order valence-corrected chi connectivity index (χ1v) is 17.1. The first kappa shape index (κ1) is 27.3. The van der Waals surface area contributed by atoms with E-state index < -0.39 is 16.1 Å². The van der Waals surface area contributed by atoms with Crippen LogP contribution in [0.3, 0.4) is 0 Å². The van der Waals surface area contributed by atoms with Gasteiger partial charge in [0.1, 0.15) is 20.3 Å². The fraction of sp³-hybridized carbons (Fsp3) is 0.370. The minimum absolute atomic E-state index is 0.244. The first-order valence-electron chi connectivity index (χ1n) is 13.1. The van der Waals surface area contributed by atoms with Gasteiger partial charge in [-0.1, -0.05) is 24.6 Å². The van der Waals surface area contributed by atoms with Crippen LogP contribution in [-0.4, -0.2) is 60.3 Å². The van der Waals surface area contributed by atoms with E-state index >= 15 is 0 Å². The van der Waals surface area contributed by atoms with Crippen molar-refractivity contribution < 1.29 is 22.7 Å².